The fourth-order valence-corrected chi connectivity index (χ4v) is 3.43. The molecule has 1 heterocycles. The lowest BCUT2D eigenvalue weighted by Crippen LogP contribution is -2.44. The second kappa shape index (κ2) is 6.73. The molecule has 1 saturated carbocycles. The van der Waals surface area contributed by atoms with Gasteiger partial charge in [-0.05, 0) is 32.3 Å². The summed E-state index contributed by atoms with van der Waals surface area (Å²) < 4.78 is 0. The van der Waals surface area contributed by atoms with Gasteiger partial charge in [-0.25, -0.2) is 9.78 Å². The van der Waals surface area contributed by atoms with Crippen molar-refractivity contribution in [3.8, 4) is 0 Å². The van der Waals surface area contributed by atoms with Gasteiger partial charge in [0.1, 0.15) is 11.7 Å². The number of benzene rings is 1. The molecule has 1 N–H and O–H groups in total. The molecule has 5 nitrogen and oxygen atoms in total. The number of hydrogen-bond acceptors (Lipinski definition) is 4. The Labute approximate surface area is 145 Å². The van der Waals surface area contributed by atoms with Crippen LogP contribution in [0.15, 0.2) is 29.6 Å². The number of amides is 1. The average Bonchev–Trinajstić information content (AvgIpc) is 3.27. The molecule has 0 aliphatic heterocycles. The largest absolute Gasteiger partial charge is 0.480 e. The topological polar surface area (TPSA) is 70.5 Å². The highest BCUT2D eigenvalue weighted by molar-refractivity contribution is 7.09. The van der Waals surface area contributed by atoms with Crippen molar-refractivity contribution in [3.63, 3.8) is 0 Å². The van der Waals surface area contributed by atoms with Crippen LogP contribution in [0.2, 0.25) is 0 Å². The Bertz CT molecular complexity index is 750. The number of carboxylic acid groups (broad SMARTS) is 1. The molecule has 24 heavy (non-hydrogen) atoms. The zero-order valence-corrected chi connectivity index (χ0v) is 14.5. The van der Waals surface area contributed by atoms with Gasteiger partial charge in [-0.3, -0.25) is 4.79 Å². The molecule has 0 bridgehead atoms. The summed E-state index contributed by atoms with van der Waals surface area (Å²) in [6, 6.07) is 7.43. The maximum atomic E-state index is 12.7. The van der Waals surface area contributed by atoms with Crippen molar-refractivity contribution in [1.29, 1.82) is 0 Å². The highest BCUT2D eigenvalue weighted by Gasteiger charge is 2.39. The predicted molar refractivity (Wildman–Crippen MR) is 92.4 cm³/mol. The van der Waals surface area contributed by atoms with E-state index in [-0.39, 0.29) is 11.9 Å². The summed E-state index contributed by atoms with van der Waals surface area (Å²) in [7, 11) is 0. The number of nitrogens with zero attached hydrogens (tertiary/aromatic N) is 2. The van der Waals surface area contributed by atoms with Crippen LogP contribution in [0, 0.1) is 6.92 Å². The number of aliphatic carboxylic acids is 1. The maximum Gasteiger partial charge on any atom is 0.326 e. The van der Waals surface area contributed by atoms with Gasteiger partial charge in [0.15, 0.2) is 0 Å². The van der Waals surface area contributed by atoms with Gasteiger partial charge in [0, 0.05) is 17.8 Å². The molecular weight excluding hydrogens is 324 g/mol. The fourth-order valence-electron chi connectivity index (χ4n) is 2.63. The van der Waals surface area contributed by atoms with E-state index in [1.807, 2.05) is 6.92 Å². The van der Waals surface area contributed by atoms with Crippen LogP contribution in [0.1, 0.15) is 46.4 Å². The van der Waals surface area contributed by atoms with Crippen LogP contribution >= 0.6 is 11.3 Å². The van der Waals surface area contributed by atoms with Gasteiger partial charge >= 0.3 is 5.97 Å². The lowest BCUT2D eigenvalue weighted by Gasteiger charge is -2.25. The number of thiazole rings is 1. The third-order valence-electron chi connectivity index (χ3n) is 4.20. The summed E-state index contributed by atoms with van der Waals surface area (Å²) in [5.74, 6) is -1.26. The highest BCUT2D eigenvalue weighted by atomic mass is 32.1. The molecule has 1 aliphatic rings. The third-order valence-corrected chi connectivity index (χ3v) is 5.05. The molecule has 1 unspecified atom stereocenters. The molecule has 126 valence electrons. The van der Waals surface area contributed by atoms with Crippen molar-refractivity contribution in [2.45, 2.75) is 45.2 Å². The Morgan fingerprint density at radius 3 is 2.58 bits per heavy atom. The van der Waals surface area contributed by atoms with Gasteiger partial charge in [0.05, 0.1) is 5.01 Å². The highest BCUT2D eigenvalue weighted by Crippen LogP contribution is 2.30. The number of rotatable bonds is 6. The first-order valence-electron chi connectivity index (χ1n) is 8.01. The van der Waals surface area contributed by atoms with Crippen molar-refractivity contribution < 1.29 is 14.7 Å². The summed E-state index contributed by atoms with van der Waals surface area (Å²) in [6.07, 6.45) is 2.41. The first-order chi connectivity index (χ1) is 11.5. The van der Waals surface area contributed by atoms with E-state index < -0.39 is 12.0 Å². The standard InChI is InChI=1S/C18H20N2O3S/c1-11-3-5-13(6-4-11)9-16-19-15(10-24-16)17(21)20(14-7-8-14)12(2)18(22)23/h3-6,10,12,14H,7-9H2,1-2H3,(H,22,23). The quantitative estimate of drug-likeness (QED) is 0.874. The van der Waals surface area contributed by atoms with E-state index in [1.165, 1.54) is 21.8 Å². The zero-order chi connectivity index (χ0) is 17.3. The molecule has 6 heteroatoms. The molecule has 1 fully saturated rings. The number of hydrogen-bond donors (Lipinski definition) is 1. The molecule has 0 spiro atoms. The Kier molecular flexibility index (Phi) is 4.66. The van der Waals surface area contributed by atoms with Crippen molar-refractivity contribution in [2.24, 2.45) is 0 Å². The van der Waals surface area contributed by atoms with Crippen LogP contribution in [0.25, 0.3) is 0 Å². The van der Waals surface area contributed by atoms with Crippen molar-refractivity contribution in [2.75, 3.05) is 0 Å². The molecule has 1 aromatic heterocycles. The lowest BCUT2D eigenvalue weighted by molar-refractivity contribution is -0.141. The zero-order valence-electron chi connectivity index (χ0n) is 13.7. The van der Waals surface area contributed by atoms with Gasteiger partial charge in [-0.15, -0.1) is 11.3 Å². The van der Waals surface area contributed by atoms with Gasteiger partial charge in [-0.2, -0.15) is 0 Å². The van der Waals surface area contributed by atoms with Crippen LogP contribution in [0.5, 0.6) is 0 Å². The van der Waals surface area contributed by atoms with Crippen LogP contribution in [0.3, 0.4) is 0 Å². The Hall–Kier alpha value is -2.21. The monoisotopic (exact) mass is 344 g/mol. The number of carbonyl (C=O) groups is 2. The summed E-state index contributed by atoms with van der Waals surface area (Å²) in [5, 5.41) is 11.8. The number of carboxylic acids is 1. The predicted octanol–water partition coefficient (Wildman–Crippen LogP) is 3.12. The summed E-state index contributed by atoms with van der Waals surface area (Å²) in [6.45, 7) is 3.60. The molecular formula is C18H20N2O3S. The number of aromatic nitrogens is 1. The van der Waals surface area contributed by atoms with Crippen LogP contribution in [-0.4, -0.2) is 39.0 Å². The Balaban J connectivity index is 1.75. The third kappa shape index (κ3) is 3.64. The molecule has 1 aromatic carbocycles. The lowest BCUT2D eigenvalue weighted by atomic mass is 10.1. The molecule has 0 radical (unpaired) electrons. The molecule has 1 amide bonds. The molecule has 1 aliphatic carbocycles. The molecule has 2 aromatic rings. The van der Waals surface area contributed by atoms with Crippen LogP contribution in [-0.2, 0) is 11.2 Å². The van der Waals surface area contributed by atoms with E-state index in [0.717, 1.165) is 23.4 Å². The van der Waals surface area contributed by atoms with Gasteiger partial charge in [0.2, 0.25) is 0 Å². The summed E-state index contributed by atoms with van der Waals surface area (Å²) in [5.41, 5.74) is 2.70. The average molecular weight is 344 g/mol. The second-order valence-electron chi connectivity index (χ2n) is 6.25. The van der Waals surface area contributed by atoms with Crippen molar-refractivity contribution >= 4 is 23.2 Å². The van der Waals surface area contributed by atoms with Crippen molar-refractivity contribution in [3.05, 3.63) is 51.5 Å². The van der Waals surface area contributed by atoms with Crippen LogP contribution < -0.4 is 0 Å². The minimum Gasteiger partial charge on any atom is -0.480 e. The number of aryl methyl sites for hydroxylation is 1. The first-order valence-corrected chi connectivity index (χ1v) is 8.89. The summed E-state index contributed by atoms with van der Waals surface area (Å²) in [4.78, 5) is 29.9. The molecule has 3 rings (SSSR count). The van der Waals surface area contributed by atoms with E-state index in [9.17, 15) is 14.7 Å². The van der Waals surface area contributed by atoms with Gasteiger partial charge in [0.25, 0.3) is 5.91 Å². The summed E-state index contributed by atoms with van der Waals surface area (Å²) >= 11 is 1.44. The van der Waals surface area contributed by atoms with E-state index in [0.29, 0.717) is 12.1 Å². The SMILES string of the molecule is Cc1ccc(Cc2nc(C(=O)N(C3CC3)C(C)C(=O)O)cs2)cc1. The minimum absolute atomic E-state index is 0.0332. The Morgan fingerprint density at radius 2 is 2.00 bits per heavy atom. The Morgan fingerprint density at radius 1 is 1.33 bits per heavy atom. The second-order valence-corrected chi connectivity index (χ2v) is 7.19. The van der Waals surface area contributed by atoms with Crippen molar-refractivity contribution in [1.82, 2.24) is 9.88 Å². The maximum absolute atomic E-state index is 12.7. The van der Waals surface area contributed by atoms with E-state index in [2.05, 4.69) is 29.2 Å². The van der Waals surface area contributed by atoms with E-state index >= 15 is 0 Å². The molecule has 0 saturated heterocycles. The smallest absolute Gasteiger partial charge is 0.326 e. The van der Waals surface area contributed by atoms with Crippen LogP contribution in [0.4, 0.5) is 0 Å². The number of carbonyl (C=O) groups excluding carboxylic acids is 1. The van der Waals surface area contributed by atoms with E-state index in [4.69, 9.17) is 0 Å². The van der Waals surface area contributed by atoms with E-state index in [1.54, 1.807) is 12.3 Å². The fraction of sp³-hybridized carbons (Fsp3) is 0.389. The normalized spacial score (nSPS) is 15.1. The molecule has 1 atom stereocenters. The minimum atomic E-state index is -0.981. The first kappa shape index (κ1) is 16.6. The van der Waals surface area contributed by atoms with Gasteiger partial charge in [-0.1, -0.05) is 29.8 Å². The van der Waals surface area contributed by atoms with Gasteiger partial charge < -0.3 is 10.0 Å².